The summed E-state index contributed by atoms with van der Waals surface area (Å²) in [5.41, 5.74) is 0. The van der Waals surface area contributed by atoms with E-state index >= 15 is 0 Å². The van der Waals surface area contributed by atoms with E-state index in [1.54, 1.807) is 6.20 Å². The Morgan fingerprint density at radius 1 is 1.55 bits per heavy atom. The quantitative estimate of drug-likeness (QED) is 0.673. The third-order valence-corrected chi connectivity index (χ3v) is 2.88. The summed E-state index contributed by atoms with van der Waals surface area (Å²) in [5.74, 6) is 0.542. The maximum Gasteiger partial charge on any atom is 0.289 e. The highest BCUT2D eigenvalue weighted by Crippen LogP contribution is 2.43. The second kappa shape index (κ2) is 2.52. The van der Waals surface area contributed by atoms with Crippen molar-refractivity contribution < 1.29 is 8.78 Å². The Morgan fingerprint density at radius 2 is 2.27 bits per heavy atom. The van der Waals surface area contributed by atoms with Crippen molar-refractivity contribution in [2.24, 2.45) is 0 Å². The van der Waals surface area contributed by atoms with Crippen molar-refractivity contribution >= 4 is 11.3 Å². The van der Waals surface area contributed by atoms with Crippen molar-refractivity contribution in [3.8, 4) is 0 Å². The fourth-order valence-corrected chi connectivity index (χ4v) is 1.90. The molecule has 1 aromatic rings. The van der Waals surface area contributed by atoms with Crippen LogP contribution >= 0.6 is 11.3 Å². The van der Waals surface area contributed by atoms with Crippen molar-refractivity contribution in [1.29, 1.82) is 0 Å². The van der Waals surface area contributed by atoms with Crippen LogP contribution in [0.25, 0.3) is 0 Å². The SMILES string of the molecule is FC(F)c1ncc(C2CC2)s1. The van der Waals surface area contributed by atoms with E-state index in [1.165, 1.54) is 0 Å². The standard InChI is InChI=1S/C7H7F2NS/c8-6(9)7-10-3-5(11-7)4-1-2-4/h3-4,6H,1-2H2. The normalized spacial score (nSPS) is 17.7. The van der Waals surface area contributed by atoms with Gasteiger partial charge in [0.2, 0.25) is 0 Å². The molecule has 1 heterocycles. The Hall–Kier alpha value is -0.510. The Balaban J connectivity index is 2.18. The third kappa shape index (κ3) is 1.40. The summed E-state index contributed by atoms with van der Waals surface area (Å²) in [5, 5.41) is -0.0353. The summed E-state index contributed by atoms with van der Waals surface area (Å²) in [6.07, 6.45) is 1.48. The van der Waals surface area contributed by atoms with Crippen LogP contribution in [-0.4, -0.2) is 4.98 Å². The van der Waals surface area contributed by atoms with E-state index in [9.17, 15) is 8.78 Å². The molecule has 0 aromatic carbocycles. The molecular formula is C7H7F2NS. The van der Waals surface area contributed by atoms with Gasteiger partial charge in [0.05, 0.1) is 0 Å². The minimum absolute atomic E-state index is 0.0353. The third-order valence-electron chi connectivity index (χ3n) is 1.71. The summed E-state index contributed by atoms with van der Waals surface area (Å²) in [4.78, 5) is 4.67. The van der Waals surface area contributed by atoms with Crippen LogP contribution in [-0.2, 0) is 0 Å². The first kappa shape index (κ1) is 7.16. The number of halogens is 2. The molecular weight excluding hydrogens is 168 g/mol. The smallest absolute Gasteiger partial charge is 0.243 e. The highest BCUT2D eigenvalue weighted by molar-refractivity contribution is 7.11. The zero-order valence-corrected chi connectivity index (χ0v) is 6.57. The number of rotatable bonds is 2. The summed E-state index contributed by atoms with van der Waals surface area (Å²) in [6, 6.07) is 0. The predicted octanol–water partition coefficient (Wildman–Crippen LogP) is 2.96. The van der Waals surface area contributed by atoms with E-state index in [0.717, 1.165) is 29.1 Å². The van der Waals surface area contributed by atoms with Crippen molar-refractivity contribution in [1.82, 2.24) is 4.98 Å². The lowest BCUT2D eigenvalue weighted by Crippen LogP contribution is -1.77. The van der Waals surface area contributed by atoms with Gasteiger partial charge in [0, 0.05) is 11.1 Å². The van der Waals surface area contributed by atoms with Gasteiger partial charge in [-0.2, -0.15) is 0 Å². The monoisotopic (exact) mass is 175 g/mol. The Morgan fingerprint density at radius 3 is 2.73 bits per heavy atom. The number of nitrogens with zero attached hydrogens (tertiary/aromatic N) is 1. The van der Waals surface area contributed by atoms with Gasteiger partial charge in [-0.15, -0.1) is 11.3 Å². The molecule has 0 saturated heterocycles. The lowest BCUT2D eigenvalue weighted by Gasteiger charge is -1.88. The molecule has 4 heteroatoms. The summed E-state index contributed by atoms with van der Waals surface area (Å²) in [7, 11) is 0. The van der Waals surface area contributed by atoms with Gasteiger partial charge in [-0.1, -0.05) is 0 Å². The molecule has 1 fully saturated rings. The average molecular weight is 175 g/mol. The van der Waals surface area contributed by atoms with Crippen LogP contribution in [0, 0.1) is 0 Å². The summed E-state index contributed by atoms with van der Waals surface area (Å²) < 4.78 is 24.0. The number of hydrogen-bond donors (Lipinski definition) is 0. The maximum atomic E-state index is 12.0. The van der Waals surface area contributed by atoms with Crippen molar-refractivity contribution in [3.63, 3.8) is 0 Å². The van der Waals surface area contributed by atoms with E-state index in [2.05, 4.69) is 4.98 Å². The minimum atomic E-state index is -2.40. The molecule has 1 aliphatic carbocycles. The molecule has 11 heavy (non-hydrogen) atoms. The zero-order chi connectivity index (χ0) is 7.84. The van der Waals surface area contributed by atoms with Crippen LogP contribution < -0.4 is 0 Å². The first-order valence-corrected chi connectivity index (χ1v) is 4.33. The molecule has 0 unspecified atom stereocenters. The van der Waals surface area contributed by atoms with Crippen LogP contribution in [0.5, 0.6) is 0 Å². The van der Waals surface area contributed by atoms with Crippen molar-refractivity contribution in [2.45, 2.75) is 25.2 Å². The second-order valence-electron chi connectivity index (χ2n) is 2.68. The van der Waals surface area contributed by atoms with Gasteiger partial charge in [-0.05, 0) is 18.8 Å². The number of aromatic nitrogens is 1. The molecule has 0 N–H and O–H groups in total. The van der Waals surface area contributed by atoms with Crippen LogP contribution in [0.4, 0.5) is 8.78 Å². The van der Waals surface area contributed by atoms with Crippen LogP contribution in [0.3, 0.4) is 0 Å². The molecule has 0 amide bonds. The van der Waals surface area contributed by atoms with Gasteiger partial charge < -0.3 is 0 Å². The first-order chi connectivity index (χ1) is 5.27. The maximum absolute atomic E-state index is 12.0. The molecule has 0 radical (unpaired) electrons. The Kier molecular flexibility index (Phi) is 1.64. The molecule has 1 nitrogen and oxygen atoms in total. The molecule has 0 spiro atoms. The molecule has 2 rings (SSSR count). The Labute approximate surface area is 67.1 Å². The number of alkyl halides is 2. The second-order valence-corrected chi connectivity index (χ2v) is 3.77. The first-order valence-electron chi connectivity index (χ1n) is 3.51. The number of hydrogen-bond acceptors (Lipinski definition) is 2. The van der Waals surface area contributed by atoms with Crippen LogP contribution in [0.2, 0.25) is 0 Å². The van der Waals surface area contributed by atoms with Gasteiger partial charge in [-0.3, -0.25) is 0 Å². The van der Waals surface area contributed by atoms with Crippen molar-refractivity contribution in [3.05, 3.63) is 16.1 Å². The van der Waals surface area contributed by atoms with Gasteiger partial charge in [0.25, 0.3) is 6.43 Å². The molecule has 60 valence electrons. The highest BCUT2D eigenvalue weighted by Gasteiger charge is 2.26. The van der Waals surface area contributed by atoms with Gasteiger partial charge >= 0.3 is 0 Å². The van der Waals surface area contributed by atoms with Gasteiger partial charge in [0.15, 0.2) is 5.01 Å². The topological polar surface area (TPSA) is 12.9 Å². The predicted molar refractivity (Wildman–Crippen MR) is 39.0 cm³/mol. The zero-order valence-electron chi connectivity index (χ0n) is 5.76. The molecule has 1 aliphatic rings. The minimum Gasteiger partial charge on any atom is -0.243 e. The summed E-state index contributed by atoms with van der Waals surface area (Å²) >= 11 is 1.15. The lowest BCUT2D eigenvalue weighted by molar-refractivity contribution is 0.151. The fraction of sp³-hybridized carbons (Fsp3) is 0.571. The van der Waals surface area contributed by atoms with E-state index in [-0.39, 0.29) is 5.01 Å². The van der Waals surface area contributed by atoms with E-state index in [4.69, 9.17) is 0 Å². The van der Waals surface area contributed by atoms with Gasteiger partial charge in [0.1, 0.15) is 0 Å². The van der Waals surface area contributed by atoms with E-state index in [0.29, 0.717) is 5.92 Å². The van der Waals surface area contributed by atoms with Crippen molar-refractivity contribution in [2.75, 3.05) is 0 Å². The van der Waals surface area contributed by atoms with E-state index in [1.807, 2.05) is 0 Å². The van der Waals surface area contributed by atoms with Crippen LogP contribution in [0.15, 0.2) is 6.20 Å². The highest BCUT2D eigenvalue weighted by atomic mass is 32.1. The molecule has 0 bridgehead atoms. The average Bonchev–Trinajstić information content (AvgIpc) is 2.68. The molecule has 1 saturated carbocycles. The van der Waals surface area contributed by atoms with E-state index < -0.39 is 6.43 Å². The molecule has 1 aromatic heterocycles. The summed E-state index contributed by atoms with van der Waals surface area (Å²) in [6.45, 7) is 0. The Bertz CT molecular complexity index is 238. The van der Waals surface area contributed by atoms with Crippen LogP contribution in [0.1, 0.15) is 35.1 Å². The molecule has 0 atom stereocenters. The lowest BCUT2D eigenvalue weighted by atomic mass is 10.4. The molecule has 0 aliphatic heterocycles. The fourth-order valence-electron chi connectivity index (χ4n) is 0.958. The number of thiazole rings is 1. The van der Waals surface area contributed by atoms with Gasteiger partial charge in [-0.25, -0.2) is 13.8 Å². The largest absolute Gasteiger partial charge is 0.289 e.